The molecule has 0 aliphatic carbocycles. The maximum atomic E-state index is 12.6. The average Bonchev–Trinajstić information content (AvgIpc) is 2.92. The van der Waals surface area contributed by atoms with Gasteiger partial charge < -0.3 is 15.0 Å². The highest BCUT2D eigenvalue weighted by molar-refractivity contribution is 5.82. The van der Waals surface area contributed by atoms with Crippen LogP contribution < -0.4 is 5.32 Å². The number of likely N-dealkylation sites (tertiary alicyclic amines) is 1. The molecule has 0 aromatic heterocycles. The Hall–Kier alpha value is -0.650. The van der Waals surface area contributed by atoms with Crippen molar-refractivity contribution in [2.45, 2.75) is 32.7 Å². The van der Waals surface area contributed by atoms with Crippen LogP contribution in [0.3, 0.4) is 0 Å². The van der Waals surface area contributed by atoms with Crippen LogP contribution in [0, 0.1) is 5.92 Å². The van der Waals surface area contributed by atoms with E-state index >= 15 is 0 Å². The van der Waals surface area contributed by atoms with E-state index in [4.69, 9.17) is 4.74 Å². The molecule has 1 atom stereocenters. The number of carbonyl (C=O) groups excluding carboxylic acids is 1. The zero-order valence-corrected chi connectivity index (χ0v) is 12.9. The molecular weight excluding hydrogens is 254 g/mol. The first kappa shape index (κ1) is 15.7. The smallest absolute Gasteiger partial charge is 0.240 e. The van der Waals surface area contributed by atoms with E-state index in [2.05, 4.69) is 24.1 Å². The number of piperazine rings is 1. The second-order valence-corrected chi connectivity index (χ2v) is 6.24. The van der Waals surface area contributed by atoms with Crippen LogP contribution in [0.1, 0.15) is 26.7 Å². The summed E-state index contributed by atoms with van der Waals surface area (Å²) in [6.45, 7) is 11.3. The number of nitrogens with one attached hydrogen (secondary N) is 1. The van der Waals surface area contributed by atoms with Gasteiger partial charge in [-0.25, -0.2) is 0 Å². The predicted octanol–water partition coefficient (Wildman–Crippen LogP) is 0.555. The molecule has 2 fully saturated rings. The van der Waals surface area contributed by atoms with Crippen LogP contribution in [-0.4, -0.2) is 74.2 Å². The lowest BCUT2D eigenvalue weighted by molar-refractivity contribution is -0.136. The van der Waals surface area contributed by atoms with E-state index in [-0.39, 0.29) is 6.04 Å². The summed E-state index contributed by atoms with van der Waals surface area (Å²) in [6, 6.07) is 0.0933. The minimum atomic E-state index is 0.0933. The minimum Gasteiger partial charge on any atom is -0.380 e. The number of hydrogen-bond donors (Lipinski definition) is 1. The molecule has 2 aliphatic rings. The number of hydrogen-bond acceptors (Lipinski definition) is 4. The summed E-state index contributed by atoms with van der Waals surface area (Å²) < 4.78 is 5.65. The van der Waals surface area contributed by atoms with Crippen molar-refractivity contribution in [2.24, 2.45) is 5.92 Å². The number of amides is 1. The topological polar surface area (TPSA) is 44.8 Å². The van der Waals surface area contributed by atoms with Crippen molar-refractivity contribution in [1.29, 1.82) is 0 Å². The molecule has 1 unspecified atom stereocenters. The van der Waals surface area contributed by atoms with Gasteiger partial charge >= 0.3 is 0 Å². The van der Waals surface area contributed by atoms with Crippen LogP contribution in [0.5, 0.6) is 0 Å². The van der Waals surface area contributed by atoms with Crippen LogP contribution in [0.4, 0.5) is 0 Å². The van der Waals surface area contributed by atoms with Gasteiger partial charge in [-0.2, -0.15) is 0 Å². The van der Waals surface area contributed by atoms with E-state index in [1.807, 2.05) is 4.90 Å². The number of carbonyl (C=O) groups is 1. The lowest BCUT2D eigenvalue weighted by atomic mass is 10.1. The van der Waals surface area contributed by atoms with Crippen LogP contribution in [-0.2, 0) is 9.53 Å². The van der Waals surface area contributed by atoms with Crippen molar-refractivity contribution in [3.05, 3.63) is 0 Å². The first-order valence-electron chi connectivity index (χ1n) is 8.00. The quantitative estimate of drug-likeness (QED) is 0.723. The maximum Gasteiger partial charge on any atom is 0.240 e. The van der Waals surface area contributed by atoms with Crippen LogP contribution >= 0.6 is 0 Å². The Morgan fingerprint density at radius 3 is 2.75 bits per heavy atom. The zero-order chi connectivity index (χ0) is 14.4. The molecule has 20 heavy (non-hydrogen) atoms. The van der Waals surface area contributed by atoms with Gasteiger partial charge in [-0.05, 0) is 25.3 Å². The molecule has 1 amide bonds. The molecule has 0 spiro atoms. The molecule has 0 saturated carbocycles. The second-order valence-electron chi connectivity index (χ2n) is 6.24. The Morgan fingerprint density at radius 2 is 2.05 bits per heavy atom. The van der Waals surface area contributed by atoms with Gasteiger partial charge in [0.25, 0.3) is 0 Å². The van der Waals surface area contributed by atoms with Gasteiger partial charge in [-0.15, -0.1) is 0 Å². The Morgan fingerprint density at radius 1 is 1.30 bits per heavy atom. The lowest BCUT2D eigenvalue weighted by Crippen LogP contribution is -2.52. The third-order valence-electron chi connectivity index (χ3n) is 4.05. The third-order valence-corrected chi connectivity index (χ3v) is 4.05. The summed E-state index contributed by atoms with van der Waals surface area (Å²) in [5.74, 6) is 0.903. The number of rotatable bonds is 6. The fourth-order valence-electron chi connectivity index (χ4n) is 2.97. The van der Waals surface area contributed by atoms with Gasteiger partial charge in [0.2, 0.25) is 5.91 Å². The SMILES string of the molecule is CC(C)COCCN1CCCC1C(=O)N1CCNCC1. The molecule has 2 aliphatic heterocycles. The highest BCUT2D eigenvalue weighted by Crippen LogP contribution is 2.19. The van der Waals surface area contributed by atoms with E-state index in [0.29, 0.717) is 11.8 Å². The van der Waals surface area contributed by atoms with E-state index in [9.17, 15) is 4.79 Å². The molecular formula is C15H29N3O2. The minimum absolute atomic E-state index is 0.0933. The standard InChI is InChI=1S/C15H29N3O2/c1-13(2)12-20-11-10-17-7-3-4-14(17)15(19)18-8-5-16-6-9-18/h13-14,16H,3-12H2,1-2H3. The summed E-state index contributed by atoms with van der Waals surface area (Å²) in [6.07, 6.45) is 2.14. The van der Waals surface area contributed by atoms with Crippen molar-refractivity contribution in [1.82, 2.24) is 15.1 Å². The predicted molar refractivity (Wildman–Crippen MR) is 79.7 cm³/mol. The maximum absolute atomic E-state index is 12.6. The molecule has 2 heterocycles. The Labute approximate surface area is 122 Å². The number of nitrogens with zero attached hydrogens (tertiary/aromatic N) is 2. The largest absolute Gasteiger partial charge is 0.380 e. The van der Waals surface area contributed by atoms with Crippen molar-refractivity contribution in [3.63, 3.8) is 0 Å². The first-order valence-corrected chi connectivity index (χ1v) is 8.00. The van der Waals surface area contributed by atoms with Gasteiger partial charge in [-0.3, -0.25) is 9.69 Å². The average molecular weight is 283 g/mol. The van der Waals surface area contributed by atoms with Crippen LogP contribution in [0.25, 0.3) is 0 Å². The molecule has 0 aromatic carbocycles. The summed E-state index contributed by atoms with van der Waals surface area (Å²) in [4.78, 5) is 16.9. The fraction of sp³-hybridized carbons (Fsp3) is 0.933. The second kappa shape index (κ2) is 7.96. The summed E-state index contributed by atoms with van der Waals surface area (Å²) >= 11 is 0. The van der Waals surface area contributed by atoms with Crippen molar-refractivity contribution >= 4 is 5.91 Å². The first-order chi connectivity index (χ1) is 9.68. The highest BCUT2D eigenvalue weighted by atomic mass is 16.5. The highest BCUT2D eigenvalue weighted by Gasteiger charge is 2.33. The molecule has 0 aromatic rings. The van der Waals surface area contributed by atoms with Crippen LogP contribution in [0.2, 0.25) is 0 Å². The lowest BCUT2D eigenvalue weighted by Gasteiger charge is -2.32. The van der Waals surface area contributed by atoms with E-state index in [1.54, 1.807) is 0 Å². The van der Waals surface area contributed by atoms with Crippen molar-refractivity contribution in [2.75, 3.05) is 52.5 Å². The molecule has 5 nitrogen and oxygen atoms in total. The molecule has 0 radical (unpaired) electrons. The summed E-state index contributed by atoms with van der Waals surface area (Å²) in [7, 11) is 0. The summed E-state index contributed by atoms with van der Waals surface area (Å²) in [5, 5.41) is 3.30. The van der Waals surface area contributed by atoms with Gasteiger partial charge in [-0.1, -0.05) is 13.8 Å². The van der Waals surface area contributed by atoms with Crippen molar-refractivity contribution < 1.29 is 9.53 Å². The molecule has 116 valence electrons. The van der Waals surface area contributed by atoms with E-state index < -0.39 is 0 Å². The molecule has 2 saturated heterocycles. The van der Waals surface area contributed by atoms with Gasteiger partial charge in [0.15, 0.2) is 0 Å². The Bertz CT molecular complexity index is 303. The monoisotopic (exact) mass is 283 g/mol. The number of ether oxygens (including phenoxy) is 1. The molecule has 1 N–H and O–H groups in total. The Kier molecular flexibility index (Phi) is 6.26. The van der Waals surface area contributed by atoms with E-state index in [0.717, 1.165) is 65.3 Å². The van der Waals surface area contributed by atoms with Gasteiger partial charge in [0, 0.05) is 39.3 Å². The Balaban J connectivity index is 1.76. The van der Waals surface area contributed by atoms with E-state index in [1.165, 1.54) is 0 Å². The normalized spacial score (nSPS) is 24.6. The molecule has 0 bridgehead atoms. The van der Waals surface area contributed by atoms with Gasteiger partial charge in [0.05, 0.1) is 12.6 Å². The zero-order valence-electron chi connectivity index (χ0n) is 12.9. The summed E-state index contributed by atoms with van der Waals surface area (Å²) in [5.41, 5.74) is 0. The van der Waals surface area contributed by atoms with Gasteiger partial charge in [0.1, 0.15) is 0 Å². The molecule has 2 rings (SSSR count). The fourth-order valence-corrected chi connectivity index (χ4v) is 2.97. The van der Waals surface area contributed by atoms with Crippen LogP contribution in [0.15, 0.2) is 0 Å². The molecule has 5 heteroatoms. The van der Waals surface area contributed by atoms with Crippen molar-refractivity contribution in [3.8, 4) is 0 Å². The third kappa shape index (κ3) is 4.43.